The summed E-state index contributed by atoms with van der Waals surface area (Å²) in [6, 6.07) is 0.596. The number of nitrogens with zero attached hydrogens (tertiary/aromatic N) is 1. The molecule has 1 saturated heterocycles. The average Bonchev–Trinajstić information content (AvgIpc) is 3.02. The summed E-state index contributed by atoms with van der Waals surface area (Å²) in [7, 11) is -7.62. The van der Waals surface area contributed by atoms with Gasteiger partial charge in [-0.3, -0.25) is 14.9 Å². The first kappa shape index (κ1) is 27.3. The van der Waals surface area contributed by atoms with Gasteiger partial charge in [0.25, 0.3) is 5.69 Å². The Balaban J connectivity index is 2.20. The molecule has 0 spiro atoms. The van der Waals surface area contributed by atoms with E-state index in [1.54, 1.807) is 0 Å². The van der Waals surface area contributed by atoms with Crippen molar-refractivity contribution < 1.29 is 53.1 Å². The molecule has 0 aromatic heterocycles. The van der Waals surface area contributed by atoms with Crippen molar-refractivity contribution in [3.05, 3.63) is 28.3 Å². The number of hydrogen-bond acceptors (Lipinski definition) is 7. The molecule has 2 atom stereocenters. The van der Waals surface area contributed by atoms with Crippen molar-refractivity contribution in [2.24, 2.45) is 0 Å². The highest BCUT2D eigenvalue weighted by Gasteiger charge is 2.76. The zero-order chi connectivity index (χ0) is 25.4. The quantitative estimate of drug-likeness (QED) is 0.230. The third-order valence-corrected chi connectivity index (χ3v) is 8.49. The lowest BCUT2D eigenvalue weighted by molar-refractivity contribution is -0.388. The standard InChI is InChI=1S/C15H13F7N2O6S3/c16-13(17,14(18,19)20)15(21,22)32(28)9-1-2-11(10(5-9)24(26)27)31-6-12(25)23-8-3-4-33(29,30)7-8/h1-2,5,8H,3-4,6-7H2,(H,23,25). The van der Waals surface area contributed by atoms with E-state index < -0.39 is 71.2 Å². The first-order chi connectivity index (χ1) is 14.9. The molecule has 2 rings (SSSR count). The normalized spacial score (nSPS) is 19.8. The van der Waals surface area contributed by atoms with Gasteiger partial charge >= 0.3 is 17.4 Å². The summed E-state index contributed by atoms with van der Waals surface area (Å²) in [6.45, 7) is 0. The number of alkyl halides is 7. The molecule has 2 unspecified atom stereocenters. The largest absolute Gasteiger partial charge is 0.461 e. The molecule has 0 saturated carbocycles. The second-order valence-corrected chi connectivity index (χ2v) is 11.5. The van der Waals surface area contributed by atoms with Crippen LogP contribution in [0.2, 0.25) is 0 Å². The third-order valence-electron chi connectivity index (χ3n) is 4.25. The van der Waals surface area contributed by atoms with Gasteiger partial charge in [-0.1, -0.05) is 0 Å². The van der Waals surface area contributed by atoms with E-state index in [1.807, 2.05) is 0 Å². The summed E-state index contributed by atoms with van der Waals surface area (Å²) in [6.07, 6.45) is -6.57. The molecule has 1 amide bonds. The van der Waals surface area contributed by atoms with Gasteiger partial charge in [0.15, 0.2) is 9.84 Å². The molecule has 1 heterocycles. The Hall–Kier alpha value is -1.95. The monoisotopic (exact) mass is 546 g/mol. The summed E-state index contributed by atoms with van der Waals surface area (Å²) in [5, 5.41) is 7.47. The zero-order valence-corrected chi connectivity index (χ0v) is 18.4. The lowest BCUT2D eigenvalue weighted by Gasteiger charge is -2.27. The van der Waals surface area contributed by atoms with Crippen molar-refractivity contribution in [3.8, 4) is 0 Å². The summed E-state index contributed by atoms with van der Waals surface area (Å²) in [4.78, 5) is 20.2. The molecular weight excluding hydrogens is 533 g/mol. The number of halogens is 7. The molecule has 1 N–H and O–H groups in total. The van der Waals surface area contributed by atoms with E-state index in [4.69, 9.17) is 0 Å². The first-order valence-electron chi connectivity index (χ1n) is 8.54. The summed E-state index contributed by atoms with van der Waals surface area (Å²) >= 11 is 0.487. The fraction of sp³-hybridized carbons (Fsp3) is 0.533. The van der Waals surface area contributed by atoms with Crippen LogP contribution in [0, 0.1) is 10.1 Å². The number of nitro groups is 1. The molecule has 0 bridgehead atoms. The van der Waals surface area contributed by atoms with Crippen molar-refractivity contribution in [2.75, 3.05) is 17.3 Å². The maximum atomic E-state index is 13.7. The van der Waals surface area contributed by atoms with Crippen LogP contribution in [-0.2, 0) is 25.4 Å². The van der Waals surface area contributed by atoms with Crippen molar-refractivity contribution in [1.82, 2.24) is 5.32 Å². The van der Waals surface area contributed by atoms with E-state index >= 15 is 0 Å². The average molecular weight is 546 g/mol. The summed E-state index contributed by atoms with van der Waals surface area (Å²) in [5.74, 6) is -8.32. The number of sulfone groups is 1. The SMILES string of the molecule is O=C(CSc1ccc(S(=O)C(F)(F)C(F)(F)C(F)(F)F)cc1[N+](=O)[O-])NC1CCS(=O)(=O)C1. The Labute approximate surface area is 187 Å². The Kier molecular flexibility index (Phi) is 7.74. The van der Waals surface area contributed by atoms with Gasteiger partial charge in [0.05, 0.1) is 32.0 Å². The minimum absolute atomic E-state index is 0.132. The highest BCUT2D eigenvalue weighted by atomic mass is 32.2. The van der Waals surface area contributed by atoms with Crippen LogP contribution >= 0.6 is 11.8 Å². The molecule has 0 radical (unpaired) electrons. The van der Waals surface area contributed by atoms with Gasteiger partial charge in [0.2, 0.25) is 5.91 Å². The smallest absolute Gasteiger partial charge is 0.352 e. The van der Waals surface area contributed by atoms with E-state index in [9.17, 15) is 58.3 Å². The van der Waals surface area contributed by atoms with Gasteiger partial charge in [0.1, 0.15) is 10.8 Å². The molecule has 0 aliphatic carbocycles. The third kappa shape index (κ3) is 5.95. The molecule has 1 aromatic carbocycles. The molecule has 1 fully saturated rings. The molecular formula is C15H13F7N2O6S3. The Bertz CT molecular complexity index is 1080. The topological polar surface area (TPSA) is 123 Å². The van der Waals surface area contributed by atoms with Gasteiger partial charge < -0.3 is 5.32 Å². The Morgan fingerprint density at radius 1 is 1.21 bits per heavy atom. The maximum absolute atomic E-state index is 13.7. The number of rotatable bonds is 8. The predicted octanol–water partition coefficient (Wildman–Crippen LogP) is 2.89. The first-order valence-corrected chi connectivity index (χ1v) is 12.5. The molecule has 1 aliphatic heterocycles. The van der Waals surface area contributed by atoms with Crippen LogP contribution in [-0.4, -0.2) is 64.1 Å². The Morgan fingerprint density at radius 2 is 1.82 bits per heavy atom. The molecule has 1 aliphatic rings. The summed E-state index contributed by atoms with van der Waals surface area (Å²) in [5.41, 5.74) is -1.06. The van der Waals surface area contributed by atoms with Crippen LogP contribution in [0.15, 0.2) is 28.0 Å². The molecule has 1 aromatic rings. The fourth-order valence-electron chi connectivity index (χ4n) is 2.63. The van der Waals surface area contributed by atoms with E-state index in [1.165, 1.54) is 0 Å². The zero-order valence-electron chi connectivity index (χ0n) is 15.9. The van der Waals surface area contributed by atoms with E-state index in [2.05, 4.69) is 5.32 Å². The van der Waals surface area contributed by atoms with Crippen LogP contribution in [0.5, 0.6) is 0 Å². The second-order valence-electron chi connectivity index (χ2n) is 6.70. The number of amides is 1. The van der Waals surface area contributed by atoms with Gasteiger partial charge in [-0.25, -0.2) is 12.6 Å². The molecule has 33 heavy (non-hydrogen) atoms. The minimum atomic E-state index is -6.74. The number of carbonyl (C=O) groups excluding carboxylic acids is 1. The lowest BCUT2D eigenvalue weighted by Crippen LogP contribution is -2.54. The number of thioether (sulfide) groups is 1. The molecule has 18 heteroatoms. The number of hydrogen-bond donors (Lipinski definition) is 1. The van der Waals surface area contributed by atoms with Crippen LogP contribution in [0.4, 0.5) is 36.4 Å². The fourth-order valence-corrected chi connectivity index (χ4v) is 6.17. The second kappa shape index (κ2) is 9.36. The highest BCUT2D eigenvalue weighted by molar-refractivity contribution is 8.00. The van der Waals surface area contributed by atoms with Gasteiger partial charge in [0, 0.05) is 12.1 Å². The van der Waals surface area contributed by atoms with Crippen LogP contribution in [0.25, 0.3) is 0 Å². The van der Waals surface area contributed by atoms with Crippen molar-refractivity contribution in [1.29, 1.82) is 0 Å². The van der Waals surface area contributed by atoms with Gasteiger partial charge in [-0.15, -0.1) is 11.8 Å². The number of nitrogens with one attached hydrogen (secondary N) is 1. The Morgan fingerprint density at radius 3 is 2.30 bits per heavy atom. The van der Waals surface area contributed by atoms with Crippen molar-refractivity contribution >= 4 is 44.0 Å². The number of carbonyl (C=O) groups is 1. The number of benzene rings is 1. The van der Waals surface area contributed by atoms with Crippen LogP contribution in [0.3, 0.4) is 0 Å². The predicted molar refractivity (Wildman–Crippen MR) is 101 cm³/mol. The van der Waals surface area contributed by atoms with E-state index in [-0.39, 0.29) is 28.9 Å². The summed E-state index contributed by atoms with van der Waals surface area (Å²) < 4.78 is 125. The number of nitro benzene ring substituents is 1. The van der Waals surface area contributed by atoms with Crippen molar-refractivity contribution in [3.63, 3.8) is 0 Å². The van der Waals surface area contributed by atoms with E-state index in [0.717, 1.165) is 0 Å². The lowest BCUT2D eigenvalue weighted by atomic mass is 10.3. The molecule has 8 nitrogen and oxygen atoms in total. The minimum Gasteiger partial charge on any atom is -0.352 e. The van der Waals surface area contributed by atoms with Gasteiger partial charge in [-0.05, 0) is 18.6 Å². The van der Waals surface area contributed by atoms with Crippen LogP contribution < -0.4 is 5.32 Å². The van der Waals surface area contributed by atoms with Gasteiger partial charge in [-0.2, -0.15) is 30.7 Å². The highest BCUT2D eigenvalue weighted by Crippen LogP contribution is 2.49. The maximum Gasteiger partial charge on any atom is 0.461 e. The van der Waals surface area contributed by atoms with Crippen molar-refractivity contribution in [2.45, 2.75) is 39.6 Å². The van der Waals surface area contributed by atoms with Crippen LogP contribution in [0.1, 0.15) is 6.42 Å². The molecule has 186 valence electrons. The van der Waals surface area contributed by atoms with E-state index in [0.29, 0.717) is 23.9 Å².